The van der Waals surface area contributed by atoms with Crippen molar-refractivity contribution < 1.29 is 22.5 Å². The van der Waals surface area contributed by atoms with E-state index >= 15 is 0 Å². The Morgan fingerprint density at radius 1 is 1.12 bits per heavy atom. The van der Waals surface area contributed by atoms with Gasteiger partial charge >= 0.3 is 0 Å². The van der Waals surface area contributed by atoms with Crippen LogP contribution in [0.15, 0.2) is 41.0 Å². The van der Waals surface area contributed by atoms with Crippen LogP contribution in [0.25, 0.3) is 17.1 Å². The van der Waals surface area contributed by atoms with Crippen molar-refractivity contribution >= 4 is 34.4 Å². The Balaban J connectivity index is 1.05. The zero-order valence-electron chi connectivity index (χ0n) is 22.7. The normalized spacial score (nSPS) is 20.0. The van der Waals surface area contributed by atoms with Crippen LogP contribution in [-0.4, -0.2) is 93.0 Å². The van der Waals surface area contributed by atoms with Gasteiger partial charge in [-0.2, -0.15) is 19.6 Å². The Labute approximate surface area is 239 Å². The second-order valence-corrected chi connectivity index (χ2v) is 12.0. The molecule has 0 aliphatic carbocycles. The number of anilines is 3. The van der Waals surface area contributed by atoms with Crippen molar-refractivity contribution in [3.63, 3.8) is 0 Å². The van der Waals surface area contributed by atoms with E-state index in [9.17, 15) is 13.3 Å². The summed E-state index contributed by atoms with van der Waals surface area (Å²) in [7, 11) is 1.91. The van der Waals surface area contributed by atoms with Crippen LogP contribution in [-0.2, 0) is 11.2 Å². The maximum Gasteiger partial charge on any atom is 0.230 e. The van der Waals surface area contributed by atoms with Gasteiger partial charge in [0.05, 0.1) is 12.0 Å². The molecule has 11 nitrogen and oxygen atoms in total. The fourth-order valence-electron chi connectivity index (χ4n) is 5.14. The second kappa shape index (κ2) is 11.7. The highest BCUT2D eigenvalue weighted by molar-refractivity contribution is 7.91. The fraction of sp³-hybridized carbons (Fsp3) is 0.444. The van der Waals surface area contributed by atoms with E-state index in [0.29, 0.717) is 85.8 Å². The van der Waals surface area contributed by atoms with Crippen LogP contribution in [0.1, 0.15) is 12.8 Å². The van der Waals surface area contributed by atoms with Crippen LogP contribution in [0.5, 0.6) is 5.75 Å². The summed E-state index contributed by atoms with van der Waals surface area (Å²) in [5.74, 6) is 1.16. The quantitative estimate of drug-likeness (QED) is 0.308. The van der Waals surface area contributed by atoms with Crippen molar-refractivity contribution in [2.45, 2.75) is 18.9 Å². The van der Waals surface area contributed by atoms with Crippen molar-refractivity contribution in [3.8, 4) is 17.2 Å². The topological polar surface area (TPSA) is 124 Å². The Bertz CT molecular complexity index is 1490. The minimum Gasteiger partial charge on any atom is -0.616 e. The lowest BCUT2D eigenvalue weighted by atomic mass is 10.2. The van der Waals surface area contributed by atoms with E-state index in [-0.39, 0.29) is 17.8 Å². The molecule has 6 rings (SSSR count). The Morgan fingerprint density at radius 2 is 1.90 bits per heavy atom. The van der Waals surface area contributed by atoms with Gasteiger partial charge in [0.2, 0.25) is 11.9 Å². The third kappa shape index (κ3) is 6.04. The number of fused-ring (bicyclic) bond motifs is 1. The molecule has 0 radical (unpaired) electrons. The van der Waals surface area contributed by atoms with Gasteiger partial charge in [-0.15, -0.1) is 0 Å². The molecule has 0 amide bonds. The van der Waals surface area contributed by atoms with E-state index in [0.717, 1.165) is 12.6 Å². The molecule has 0 spiro atoms. The van der Waals surface area contributed by atoms with Crippen LogP contribution in [0, 0.1) is 11.6 Å². The first-order valence-corrected chi connectivity index (χ1v) is 15.1. The molecular weight excluding hydrogens is 554 g/mol. The minimum absolute atomic E-state index is 0.0499. The first kappa shape index (κ1) is 27.5. The van der Waals surface area contributed by atoms with E-state index in [1.165, 1.54) is 10.6 Å². The van der Waals surface area contributed by atoms with Crippen LogP contribution in [0.4, 0.5) is 26.4 Å². The highest BCUT2D eigenvalue weighted by Gasteiger charge is 2.26. The average molecular weight is 587 g/mol. The van der Waals surface area contributed by atoms with E-state index in [2.05, 4.69) is 20.0 Å². The number of aromatic nitrogens is 4. The summed E-state index contributed by atoms with van der Waals surface area (Å²) in [6.07, 6.45) is 2.58. The van der Waals surface area contributed by atoms with E-state index < -0.39 is 22.8 Å². The van der Waals surface area contributed by atoms with E-state index in [1.54, 1.807) is 18.4 Å². The number of piperazine rings is 1. The summed E-state index contributed by atoms with van der Waals surface area (Å²) in [5.41, 5.74) is 7.69. The van der Waals surface area contributed by atoms with Crippen molar-refractivity contribution in [2.24, 2.45) is 0 Å². The van der Waals surface area contributed by atoms with Crippen LogP contribution >= 0.6 is 0 Å². The third-order valence-corrected chi connectivity index (χ3v) is 8.93. The van der Waals surface area contributed by atoms with Gasteiger partial charge in [0, 0.05) is 77.4 Å². The molecule has 5 heterocycles. The Morgan fingerprint density at radius 3 is 2.63 bits per heavy atom. The average Bonchev–Trinajstić information content (AvgIpc) is 3.65. The summed E-state index contributed by atoms with van der Waals surface area (Å²) in [6, 6.07) is 7.77. The van der Waals surface area contributed by atoms with Crippen molar-refractivity contribution in [2.75, 3.05) is 73.4 Å². The van der Waals surface area contributed by atoms with Crippen molar-refractivity contribution in [3.05, 3.63) is 48.2 Å². The summed E-state index contributed by atoms with van der Waals surface area (Å²) in [6.45, 7) is 4.02. The molecule has 2 aliphatic rings. The fourth-order valence-corrected chi connectivity index (χ4v) is 6.39. The number of hydrogen-bond acceptors (Lipinski definition) is 10. The van der Waals surface area contributed by atoms with Crippen LogP contribution in [0.3, 0.4) is 0 Å². The van der Waals surface area contributed by atoms with Crippen molar-refractivity contribution in [1.29, 1.82) is 0 Å². The molecule has 0 atom stereocenters. The first-order chi connectivity index (χ1) is 19.8. The highest BCUT2D eigenvalue weighted by Crippen LogP contribution is 2.31. The van der Waals surface area contributed by atoms with Crippen molar-refractivity contribution in [1.82, 2.24) is 24.5 Å². The molecule has 2 N–H and O–H groups in total. The predicted octanol–water partition coefficient (Wildman–Crippen LogP) is 2.79. The smallest absolute Gasteiger partial charge is 0.230 e. The molecule has 2 saturated heterocycles. The van der Waals surface area contributed by atoms with Gasteiger partial charge in [-0.3, -0.25) is 4.90 Å². The van der Waals surface area contributed by atoms with E-state index in [4.69, 9.17) is 14.9 Å². The lowest BCUT2D eigenvalue weighted by Crippen LogP contribution is -2.48. The minimum atomic E-state index is -0.836. The van der Waals surface area contributed by atoms with Gasteiger partial charge in [0.1, 0.15) is 29.1 Å². The van der Waals surface area contributed by atoms with Gasteiger partial charge < -0.3 is 29.2 Å². The zero-order valence-corrected chi connectivity index (χ0v) is 23.5. The number of hydrogen-bond donors (Lipinski definition) is 1. The second-order valence-electron chi connectivity index (χ2n) is 10.3. The van der Waals surface area contributed by atoms with Crippen LogP contribution < -0.4 is 20.3 Å². The third-order valence-electron chi connectivity index (χ3n) is 7.55. The molecule has 3 aromatic heterocycles. The maximum absolute atomic E-state index is 14.8. The van der Waals surface area contributed by atoms with Gasteiger partial charge in [-0.05, 0) is 12.1 Å². The summed E-state index contributed by atoms with van der Waals surface area (Å²) >= 11 is -0.836. The standard InChI is InChI=1S/C27H32F2N8O3S/c1-34(27-31-25-16-21(23-3-2-12-39-23)33-37(25)26(30)32-27)6-7-35-8-10-36(11-9-35)22-17-24(20(29)15-19(22)28)40-18-4-13-41(38)14-5-18/h2-3,12,15-18H,4-11,13-14H2,1H3,(H2,30,31,32)/t18-,41-. The molecule has 0 saturated carbocycles. The van der Waals surface area contributed by atoms with Crippen LogP contribution in [0.2, 0.25) is 0 Å². The lowest BCUT2D eigenvalue weighted by molar-refractivity contribution is 0.181. The molecular formula is C27H32F2N8O3S. The molecule has 41 heavy (non-hydrogen) atoms. The highest BCUT2D eigenvalue weighted by atomic mass is 32.2. The SMILES string of the molecule is CN(CCN1CCN(c2cc(O[C@H]3CC[S@+]([O-])CC3)c(F)cc2F)CC1)c1nc(N)n2nc(-c3ccco3)cc2n1. The number of rotatable bonds is 8. The molecule has 2 aliphatic heterocycles. The zero-order chi connectivity index (χ0) is 28.5. The monoisotopic (exact) mass is 586 g/mol. The Hall–Kier alpha value is -3.62. The van der Waals surface area contributed by atoms with Gasteiger partial charge in [-0.25, -0.2) is 8.78 Å². The summed E-state index contributed by atoms with van der Waals surface area (Å²) in [5, 5.41) is 4.43. The summed E-state index contributed by atoms with van der Waals surface area (Å²) in [4.78, 5) is 15.2. The number of nitrogen functional groups attached to an aromatic ring is 1. The van der Waals surface area contributed by atoms with E-state index in [1.807, 2.05) is 22.9 Å². The largest absolute Gasteiger partial charge is 0.616 e. The number of halogens is 2. The number of ether oxygens (including phenoxy) is 1. The number of benzene rings is 1. The molecule has 4 aromatic rings. The molecule has 14 heteroatoms. The number of furan rings is 1. The maximum atomic E-state index is 14.8. The summed E-state index contributed by atoms with van der Waals surface area (Å²) < 4.78 is 53.7. The van der Waals surface area contributed by atoms with Gasteiger partial charge in [0.15, 0.2) is 23.0 Å². The Kier molecular flexibility index (Phi) is 7.86. The lowest BCUT2D eigenvalue weighted by Gasteiger charge is -2.37. The molecule has 1 aromatic carbocycles. The van der Waals surface area contributed by atoms with Gasteiger partial charge in [0.25, 0.3) is 0 Å². The number of likely N-dealkylation sites (N-methyl/N-ethyl adjacent to an activating group) is 1. The predicted molar refractivity (Wildman–Crippen MR) is 153 cm³/mol. The molecule has 218 valence electrons. The number of nitrogens with two attached hydrogens (primary N) is 1. The van der Waals surface area contributed by atoms with Gasteiger partial charge in [-0.1, -0.05) is 11.2 Å². The molecule has 2 fully saturated rings. The first-order valence-electron chi connectivity index (χ1n) is 13.6. The number of nitrogens with zero attached hydrogens (tertiary/aromatic N) is 7. The molecule has 0 unspecified atom stereocenters. The molecule has 0 bridgehead atoms.